The van der Waals surface area contributed by atoms with E-state index >= 15 is 0 Å². The van der Waals surface area contributed by atoms with E-state index in [0.29, 0.717) is 10.7 Å². The number of anilines is 2. The zero-order valence-corrected chi connectivity index (χ0v) is 17.2. The fraction of sp³-hybridized carbons (Fsp3) is 0.278. The largest absolute Gasteiger partial charge is 0.324 e. The molecule has 2 aromatic carbocycles. The van der Waals surface area contributed by atoms with Crippen molar-refractivity contribution >= 4 is 50.5 Å². The molecule has 140 valence electrons. The van der Waals surface area contributed by atoms with E-state index in [4.69, 9.17) is 23.2 Å². The maximum atomic E-state index is 12.8. The van der Waals surface area contributed by atoms with Gasteiger partial charge in [-0.05, 0) is 50.1 Å². The molecule has 1 amide bonds. The molecule has 0 saturated heterocycles. The van der Waals surface area contributed by atoms with Crippen LogP contribution in [0.3, 0.4) is 0 Å². The summed E-state index contributed by atoms with van der Waals surface area (Å²) in [5.74, 6) is -0.469. The molecule has 0 fully saturated rings. The standard InChI is InChI=1S/C18H20Cl2N2O3S/c1-11-6-5-7-12(2)17(11)21-18(23)13(3)22(26(4,24)25)16-10-14(19)8-9-15(16)20/h5-10,13H,1-4H3,(H,21,23)/t13-/m0/s1. The van der Waals surface area contributed by atoms with E-state index in [0.717, 1.165) is 21.7 Å². The van der Waals surface area contributed by atoms with Crippen LogP contribution in [0.4, 0.5) is 11.4 Å². The summed E-state index contributed by atoms with van der Waals surface area (Å²) in [5.41, 5.74) is 2.59. The van der Waals surface area contributed by atoms with Gasteiger partial charge in [0.1, 0.15) is 6.04 Å². The van der Waals surface area contributed by atoms with Crippen molar-refractivity contribution < 1.29 is 13.2 Å². The van der Waals surface area contributed by atoms with Crippen molar-refractivity contribution in [1.82, 2.24) is 0 Å². The minimum Gasteiger partial charge on any atom is -0.324 e. The molecule has 2 aromatic rings. The number of carbonyl (C=O) groups excluding carboxylic acids is 1. The summed E-state index contributed by atoms with van der Waals surface area (Å²) < 4.78 is 25.7. The number of halogens is 2. The van der Waals surface area contributed by atoms with Crippen molar-refractivity contribution in [2.24, 2.45) is 0 Å². The van der Waals surface area contributed by atoms with E-state index in [1.807, 2.05) is 32.0 Å². The van der Waals surface area contributed by atoms with Gasteiger partial charge in [-0.1, -0.05) is 41.4 Å². The van der Waals surface area contributed by atoms with Crippen LogP contribution in [-0.4, -0.2) is 26.6 Å². The van der Waals surface area contributed by atoms with E-state index in [1.165, 1.54) is 19.1 Å². The van der Waals surface area contributed by atoms with Crippen molar-refractivity contribution in [2.45, 2.75) is 26.8 Å². The third-order valence-electron chi connectivity index (χ3n) is 3.96. The van der Waals surface area contributed by atoms with Crippen molar-refractivity contribution in [3.63, 3.8) is 0 Å². The Hall–Kier alpha value is -1.76. The minimum atomic E-state index is -3.78. The van der Waals surface area contributed by atoms with Gasteiger partial charge in [-0.3, -0.25) is 9.10 Å². The lowest BCUT2D eigenvalue weighted by molar-refractivity contribution is -0.116. The Morgan fingerprint density at radius 3 is 2.23 bits per heavy atom. The molecule has 0 heterocycles. The highest BCUT2D eigenvalue weighted by Crippen LogP contribution is 2.32. The van der Waals surface area contributed by atoms with Gasteiger partial charge in [0.2, 0.25) is 15.9 Å². The topological polar surface area (TPSA) is 66.5 Å². The van der Waals surface area contributed by atoms with Gasteiger partial charge < -0.3 is 5.32 Å². The molecule has 1 atom stereocenters. The van der Waals surface area contributed by atoms with E-state index in [2.05, 4.69) is 5.32 Å². The van der Waals surface area contributed by atoms with Crippen LogP contribution in [0.5, 0.6) is 0 Å². The first-order valence-corrected chi connectivity index (χ1v) is 10.4. The third kappa shape index (κ3) is 4.50. The summed E-state index contributed by atoms with van der Waals surface area (Å²) in [4.78, 5) is 12.8. The molecule has 0 aliphatic carbocycles. The van der Waals surface area contributed by atoms with Crippen LogP contribution < -0.4 is 9.62 Å². The number of benzene rings is 2. The number of sulfonamides is 1. The number of amides is 1. The molecular formula is C18H20Cl2N2O3S. The lowest BCUT2D eigenvalue weighted by Gasteiger charge is -2.29. The molecule has 0 unspecified atom stereocenters. The zero-order chi connectivity index (χ0) is 19.6. The fourth-order valence-corrected chi connectivity index (χ4v) is 4.28. The highest BCUT2D eigenvalue weighted by molar-refractivity contribution is 7.92. The number of carbonyl (C=O) groups is 1. The predicted molar refractivity (Wildman–Crippen MR) is 108 cm³/mol. The quantitative estimate of drug-likeness (QED) is 0.787. The first kappa shape index (κ1) is 20.6. The van der Waals surface area contributed by atoms with Crippen molar-refractivity contribution in [3.05, 3.63) is 57.6 Å². The van der Waals surface area contributed by atoms with Gasteiger partial charge in [-0.25, -0.2) is 8.42 Å². The van der Waals surface area contributed by atoms with E-state index < -0.39 is 22.0 Å². The van der Waals surface area contributed by atoms with E-state index in [9.17, 15) is 13.2 Å². The van der Waals surface area contributed by atoms with Crippen LogP contribution in [0.25, 0.3) is 0 Å². The maximum Gasteiger partial charge on any atom is 0.248 e. The van der Waals surface area contributed by atoms with Gasteiger partial charge in [0, 0.05) is 10.7 Å². The van der Waals surface area contributed by atoms with E-state index in [1.54, 1.807) is 6.07 Å². The normalized spacial score (nSPS) is 12.5. The highest BCUT2D eigenvalue weighted by Gasteiger charge is 2.31. The monoisotopic (exact) mass is 414 g/mol. The lowest BCUT2D eigenvalue weighted by Crippen LogP contribution is -2.45. The van der Waals surface area contributed by atoms with Gasteiger partial charge in [-0.2, -0.15) is 0 Å². The molecular weight excluding hydrogens is 395 g/mol. The SMILES string of the molecule is Cc1cccc(C)c1NC(=O)[C@H](C)N(c1cc(Cl)ccc1Cl)S(C)(=O)=O. The number of hydrogen-bond donors (Lipinski definition) is 1. The van der Waals surface area contributed by atoms with Crippen LogP contribution in [0.2, 0.25) is 10.0 Å². The average Bonchev–Trinajstić information content (AvgIpc) is 2.53. The van der Waals surface area contributed by atoms with Gasteiger partial charge in [-0.15, -0.1) is 0 Å². The Morgan fingerprint density at radius 1 is 1.12 bits per heavy atom. The van der Waals surface area contributed by atoms with E-state index in [-0.39, 0.29) is 10.7 Å². The van der Waals surface area contributed by atoms with Crippen LogP contribution in [0.15, 0.2) is 36.4 Å². The van der Waals surface area contributed by atoms with Crippen LogP contribution in [0, 0.1) is 13.8 Å². The number of aryl methyl sites for hydroxylation is 2. The molecule has 0 aliphatic rings. The molecule has 5 nitrogen and oxygen atoms in total. The van der Waals surface area contributed by atoms with Gasteiger partial charge in [0.15, 0.2) is 0 Å². The summed E-state index contributed by atoms with van der Waals surface area (Å²) in [6, 6.07) is 9.07. The second kappa shape index (κ2) is 7.86. The van der Waals surface area contributed by atoms with Crippen LogP contribution in [-0.2, 0) is 14.8 Å². The summed E-state index contributed by atoms with van der Waals surface area (Å²) in [6.45, 7) is 5.24. The minimum absolute atomic E-state index is 0.158. The Bertz CT molecular complexity index is 925. The average molecular weight is 415 g/mol. The molecule has 8 heteroatoms. The Balaban J connectivity index is 2.43. The van der Waals surface area contributed by atoms with Gasteiger partial charge in [0.25, 0.3) is 0 Å². The third-order valence-corrected chi connectivity index (χ3v) is 5.75. The highest BCUT2D eigenvalue weighted by atomic mass is 35.5. The summed E-state index contributed by atoms with van der Waals surface area (Å²) in [6.07, 6.45) is 1.02. The van der Waals surface area contributed by atoms with Crippen molar-refractivity contribution in [1.29, 1.82) is 0 Å². The molecule has 26 heavy (non-hydrogen) atoms. The smallest absolute Gasteiger partial charge is 0.248 e. The van der Waals surface area contributed by atoms with Crippen LogP contribution in [0.1, 0.15) is 18.1 Å². The summed E-state index contributed by atoms with van der Waals surface area (Å²) in [7, 11) is -3.78. The first-order valence-electron chi connectivity index (χ1n) is 7.84. The molecule has 0 aromatic heterocycles. The number of nitrogens with zero attached hydrogens (tertiary/aromatic N) is 1. The summed E-state index contributed by atoms with van der Waals surface area (Å²) >= 11 is 12.1. The fourth-order valence-electron chi connectivity index (χ4n) is 2.67. The molecule has 1 N–H and O–H groups in total. The number of para-hydroxylation sites is 1. The number of hydrogen-bond acceptors (Lipinski definition) is 3. The number of rotatable bonds is 5. The summed E-state index contributed by atoms with van der Waals surface area (Å²) in [5, 5.41) is 3.32. The Morgan fingerprint density at radius 2 is 1.69 bits per heavy atom. The molecule has 0 bridgehead atoms. The molecule has 0 aliphatic heterocycles. The second-order valence-electron chi connectivity index (χ2n) is 6.09. The Kier molecular flexibility index (Phi) is 6.21. The first-order chi connectivity index (χ1) is 12.0. The lowest BCUT2D eigenvalue weighted by atomic mass is 10.1. The predicted octanol–water partition coefficient (Wildman–Crippen LogP) is 4.40. The van der Waals surface area contributed by atoms with Crippen molar-refractivity contribution in [2.75, 3.05) is 15.9 Å². The van der Waals surface area contributed by atoms with Crippen LogP contribution >= 0.6 is 23.2 Å². The second-order valence-corrected chi connectivity index (χ2v) is 8.79. The zero-order valence-electron chi connectivity index (χ0n) is 14.9. The molecule has 0 spiro atoms. The van der Waals surface area contributed by atoms with Gasteiger partial charge >= 0.3 is 0 Å². The molecule has 2 rings (SSSR count). The molecule has 0 radical (unpaired) electrons. The number of nitrogens with one attached hydrogen (secondary N) is 1. The molecule has 0 saturated carbocycles. The Labute approximate surface area is 164 Å². The van der Waals surface area contributed by atoms with Crippen molar-refractivity contribution in [3.8, 4) is 0 Å². The maximum absolute atomic E-state index is 12.8. The van der Waals surface area contributed by atoms with Gasteiger partial charge in [0.05, 0.1) is 17.0 Å².